The lowest BCUT2D eigenvalue weighted by atomic mass is 10.1. The minimum Gasteiger partial charge on any atom is -0.478 e. The third-order valence-electron chi connectivity index (χ3n) is 2.07. The van der Waals surface area contributed by atoms with E-state index in [9.17, 15) is 22.8 Å². The summed E-state index contributed by atoms with van der Waals surface area (Å²) in [7, 11) is 0. The number of carboxylic acid groups (broad SMARTS) is 1. The van der Waals surface area contributed by atoms with E-state index >= 15 is 0 Å². The van der Waals surface area contributed by atoms with E-state index in [1.807, 2.05) is 0 Å². The second-order valence-corrected chi connectivity index (χ2v) is 3.24. The van der Waals surface area contributed by atoms with Crippen LogP contribution < -0.4 is 5.32 Å². The number of amides is 1. The van der Waals surface area contributed by atoms with Gasteiger partial charge in [-0.15, -0.1) is 0 Å². The molecule has 0 atom stereocenters. The number of anilines is 1. The van der Waals surface area contributed by atoms with Crippen molar-refractivity contribution in [2.75, 3.05) is 5.32 Å². The Morgan fingerprint density at radius 1 is 1.29 bits per heavy atom. The molecule has 1 rings (SSSR count). The van der Waals surface area contributed by atoms with Gasteiger partial charge in [0.05, 0.1) is 5.56 Å². The van der Waals surface area contributed by atoms with Crippen LogP contribution in [-0.4, -0.2) is 23.2 Å². The Morgan fingerprint density at radius 2 is 1.88 bits per heavy atom. The van der Waals surface area contributed by atoms with Crippen molar-refractivity contribution in [2.45, 2.75) is 13.1 Å². The number of aromatic carboxylic acids is 1. The lowest BCUT2D eigenvalue weighted by Gasteiger charge is -2.11. The van der Waals surface area contributed by atoms with E-state index in [0.717, 1.165) is 0 Å². The first-order valence-electron chi connectivity index (χ1n) is 4.44. The molecule has 1 amide bonds. The Kier molecular flexibility index (Phi) is 3.40. The molecule has 4 nitrogen and oxygen atoms in total. The highest BCUT2D eigenvalue weighted by Crippen LogP contribution is 2.22. The average molecular weight is 247 g/mol. The molecule has 92 valence electrons. The second-order valence-electron chi connectivity index (χ2n) is 3.24. The molecular weight excluding hydrogens is 239 g/mol. The quantitative estimate of drug-likeness (QED) is 0.841. The van der Waals surface area contributed by atoms with Crippen LogP contribution in [0.1, 0.15) is 15.9 Å². The van der Waals surface area contributed by atoms with E-state index in [0.29, 0.717) is 0 Å². The predicted molar refractivity (Wildman–Crippen MR) is 52.8 cm³/mol. The summed E-state index contributed by atoms with van der Waals surface area (Å²) in [5.74, 6) is -3.41. The maximum Gasteiger partial charge on any atom is 0.471 e. The predicted octanol–water partition coefficient (Wildman–Crippen LogP) is 2.19. The molecule has 0 aromatic heterocycles. The van der Waals surface area contributed by atoms with Crippen molar-refractivity contribution in [3.8, 4) is 0 Å². The summed E-state index contributed by atoms with van der Waals surface area (Å²) in [5, 5.41) is 10.4. The number of hydrogen-bond acceptors (Lipinski definition) is 2. The van der Waals surface area contributed by atoms with Crippen molar-refractivity contribution in [1.82, 2.24) is 0 Å². The Hall–Kier alpha value is -2.05. The van der Waals surface area contributed by atoms with Crippen LogP contribution in [0.15, 0.2) is 18.2 Å². The van der Waals surface area contributed by atoms with Gasteiger partial charge in [0, 0.05) is 5.69 Å². The fourth-order valence-corrected chi connectivity index (χ4v) is 1.20. The highest BCUT2D eigenvalue weighted by atomic mass is 19.4. The van der Waals surface area contributed by atoms with Gasteiger partial charge >= 0.3 is 18.1 Å². The van der Waals surface area contributed by atoms with Gasteiger partial charge in [0.1, 0.15) is 0 Å². The van der Waals surface area contributed by atoms with Crippen molar-refractivity contribution in [2.24, 2.45) is 0 Å². The highest BCUT2D eigenvalue weighted by Gasteiger charge is 2.38. The molecule has 0 saturated carbocycles. The number of halogens is 3. The zero-order chi connectivity index (χ0) is 13.2. The average Bonchev–Trinajstić information content (AvgIpc) is 2.19. The molecule has 0 aliphatic rings. The molecule has 0 saturated heterocycles. The zero-order valence-corrected chi connectivity index (χ0v) is 8.63. The first kappa shape index (κ1) is 13.0. The molecule has 0 bridgehead atoms. The Morgan fingerprint density at radius 3 is 2.35 bits per heavy atom. The maximum absolute atomic E-state index is 12.0. The van der Waals surface area contributed by atoms with E-state index in [-0.39, 0.29) is 16.8 Å². The van der Waals surface area contributed by atoms with Crippen molar-refractivity contribution in [3.63, 3.8) is 0 Å². The van der Waals surface area contributed by atoms with Crippen molar-refractivity contribution >= 4 is 17.6 Å². The van der Waals surface area contributed by atoms with Gasteiger partial charge in [-0.25, -0.2) is 4.79 Å². The number of alkyl halides is 3. The number of rotatable bonds is 2. The lowest BCUT2D eigenvalue weighted by molar-refractivity contribution is -0.167. The number of benzene rings is 1. The number of carbonyl (C=O) groups is 2. The van der Waals surface area contributed by atoms with Crippen molar-refractivity contribution in [1.29, 1.82) is 0 Å². The standard InChI is InChI=1S/C10H8F3NO3/c1-5-6(8(15)16)3-2-4-7(5)14-9(17)10(11,12)13/h2-4H,1H3,(H,14,17)(H,15,16). The van der Waals surface area contributed by atoms with E-state index in [4.69, 9.17) is 5.11 Å². The first-order chi connectivity index (χ1) is 7.73. The van der Waals surface area contributed by atoms with Crippen LogP contribution >= 0.6 is 0 Å². The first-order valence-corrected chi connectivity index (χ1v) is 4.44. The molecule has 0 radical (unpaired) electrons. The van der Waals surface area contributed by atoms with Gasteiger partial charge in [-0.3, -0.25) is 4.79 Å². The van der Waals surface area contributed by atoms with Gasteiger partial charge in [0.2, 0.25) is 0 Å². The number of hydrogen-bond donors (Lipinski definition) is 2. The second kappa shape index (κ2) is 4.44. The third kappa shape index (κ3) is 2.96. The van der Waals surface area contributed by atoms with Gasteiger partial charge in [0.15, 0.2) is 0 Å². The molecule has 0 spiro atoms. The summed E-state index contributed by atoms with van der Waals surface area (Å²) >= 11 is 0. The van der Waals surface area contributed by atoms with E-state index in [1.165, 1.54) is 25.1 Å². The molecule has 0 aliphatic heterocycles. The molecular formula is C10H8F3NO3. The van der Waals surface area contributed by atoms with Gasteiger partial charge in [-0.05, 0) is 24.6 Å². The minimum atomic E-state index is -5.01. The molecule has 1 aromatic rings. The third-order valence-corrected chi connectivity index (χ3v) is 2.07. The number of carbonyl (C=O) groups excluding carboxylic acids is 1. The van der Waals surface area contributed by atoms with Crippen LogP contribution in [0.2, 0.25) is 0 Å². The van der Waals surface area contributed by atoms with Gasteiger partial charge in [-0.1, -0.05) is 6.07 Å². The zero-order valence-electron chi connectivity index (χ0n) is 8.63. The molecule has 0 aliphatic carbocycles. The SMILES string of the molecule is Cc1c(NC(=O)C(F)(F)F)cccc1C(=O)O. The normalized spacial score (nSPS) is 11.1. The van der Waals surface area contributed by atoms with Gasteiger partial charge in [-0.2, -0.15) is 13.2 Å². The van der Waals surface area contributed by atoms with Crippen LogP contribution in [-0.2, 0) is 4.79 Å². The molecule has 2 N–H and O–H groups in total. The van der Waals surface area contributed by atoms with E-state index in [2.05, 4.69) is 0 Å². The maximum atomic E-state index is 12.0. The summed E-state index contributed by atoms with van der Waals surface area (Å²) in [6.45, 7) is 1.31. The van der Waals surface area contributed by atoms with E-state index < -0.39 is 18.1 Å². The van der Waals surface area contributed by atoms with Crippen molar-refractivity contribution < 1.29 is 27.9 Å². The number of nitrogens with one attached hydrogen (secondary N) is 1. The fraction of sp³-hybridized carbons (Fsp3) is 0.200. The summed E-state index contributed by atoms with van der Waals surface area (Å²) in [6.07, 6.45) is -5.01. The van der Waals surface area contributed by atoms with Crippen LogP contribution in [0, 0.1) is 6.92 Å². The van der Waals surface area contributed by atoms with Gasteiger partial charge < -0.3 is 10.4 Å². The van der Waals surface area contributed by atoms with Crippen LogP contribution in [0.4, 0.5) is 18.9 Å². The highest BCUT2D eigenvalue weighted by molar-refractivity contribution is 5.98. The van der Waals surface area contributed by atoms with Gasteiger partial charge in [0.25, 0.3) is 0 Å². The topological polar surface area (TPSA) is 66.4 Å². The molecule has 7 heteroatoms. The Bertz CT molecular complexity index is 468. The Balaban J connectivity index is 3.05. The number of carboxylic acids is 1. The summed E-state index contributed by atoms with van der Waals surface area (Å²) < 4.78 is 36.0. The summed E-state index contributed by atoms with van der Waals surface area (Å²) in [5.41, 5.74) is -0.269. The van der Waals surface area contributed by atoms with E-state index in [1.54, 1.807) is 5.32 Å². The molecule has 0 unspecified atom stereocenters. The Labute approximate surface area is 94.1 Å². The largest absolute Gasteiger partial charge is 0.478 e. The monoisotopic (exact) mass is 247 g/mol. The molecule has 0 fully saturated rings. The smallest absolute Gasteiger partial charge is 0.471 e. The molecule has 1 aromatic carbocycles. The fourth-order valence-electron chi connectivity index (χ4n) is 1.20. The summed E-state index contributed by atoms with van der Waals surface area (Å²) in [4.78, 5) is 21.4. The minimum absolute atomic E-state index is 0.0672. The van der Waals surface area contributed by atoms with Crippen LogP contribution in [0.25, 0.3) is 0 Å². The van der Waals surface area contributed by atoms with Crippen molar-refractivity contribution in [3.05, 3.63) is 29.3 Å². The van der Waals surface area contributed by atoms with Crippen LogP contribution in [0.3, 0.4) is 0 Å². The lowest BCUT2D eigenvalue weighted by Crippen LogP contribution is -2.30. The molecule has 17 heavy (non-hydrogen) atoms. The van der Waals surface area contributed by atoms with Crippen LogP contribution in [0.5, 0.6) is 0 Å². The summed E-state index contributed by atoms with van der Waals surface area (Å²) in [6, 6.07) is 3.69. The molecule has 0 heterocycles.